The van der Waals surface area contributed by atoms with Crippen LogP contribution < -0.4 is 16.0 Å². The average Bonchev–Trinajstić information content (AvgIpc) is 2.94. The summed E-state index contributed by atoms with van der Waals surface area (Å²) in [6.07, 6.45) is 1.09. The first-order chi connectivity index (χ1) is 9.71. The van der Waals surface area contributed by atoms with Gasteiger partial charge in [0, 0.05) is 34.7 Å². The van der Waals surface area contributed by atoms with Crippen molar-refractivity contribution in [2.24, 2.45) is 0 Å². The van der Waals surface area contributed by atoms with Crippen molar-refractivity contribution in [2.45, 2.75) is 19.9 Å². The fourth-order valence-corrected chi connectivity index (χ4v) is 2.66. The van der Waals surface area contributed by atoms with Gasteiger partial charge in [-0.25, -0.2) is 4.79 Å². The standard InChI is InChI=1S/C15H19N3OS/c1-3-13-8-9-14(20-13)10-17-11-4-6-12(7-5-11)18-15(19)16-2/h4-9,17H,3,10H2,1-2H3,(H2,16,18,19). The first-order valence-corrected chi connectivity index (χ1v) is 7.43. The predicted octanol–water partition coefficient (Wildman–Crippen LogP) is 3.67. The summed E-state index contributed by atoms with van der Waals surface area (Å²) in [4.78, 5) is 13.9. The summed E-state index contributed by atoms with van der Waals surface area (Å²) >= 11 is 1.84. The number of benzene rings is 1. The van der Waals surface area contributed by atoms with Crippen molar-refractivity contribution < 1.29 is 4.79 Å². The Bertz CT molecular complexity index is 563. The van der Waals surface area contributed by atoms with Gasteiger partial charge in [-0.15, -0.1) is 11.3 Å². The van der Waals surface area contributed by atoms with E-state index >= 15 is 0 Å². The Labute approximate surface area is 123 Å². The van der Waals surface area contributed by atoms with E-state index in [-0.39, 0.29) is 6.03 Å². The molecule has 2 aromatic rings. The van der Waals surface area contributed by atoms with E-state index < -0.39 is 0 Å². The maximum absolute atomic E-state index is 11.2. The van der Waals surface area contributed by atoms with Crippen molar-refractivity contribution in [3.8, 4) is 0 Å². The fraction of sp³-hybridized carbons (Fsp3) is 0.267. The van der Waals surface area contributed by atoms with Gasteiger partial charge in [-0.2, -0.15) is 0 Å². The molecular formula is C15H19N3OS. The normalized spacial score (nSPS) is 10.1. The molecule has 0 aliphatic rings. The summed E-state index contributed by atoms with van der Waals surface area (Å²) in [6.45, 7) is 2.99. The van der Waals surface area contributed by atoms with E-state index in [1.807, 2.05) is 35.6 Å². The van der Waals surface area contributed by atoms with Crippen LogP contribution in [0.2, 0.25) is 0 Å². The van der Waals surface area contributed by atoms with E-state index in [1.165, 1.54) is 9.75 Å². The van der Waals surface area contributed by atoms with Crippen LogP contribution in [0.3, 0.4) is 0 Å². The Balaban J connectivity index is 1.88. The largest absolute Gasteiger partial charge is 0.380 e. The zero-order valence-electron chi connectivity index (χ0n) is 11.7. The highest BCUT2D eigenvalue weighted by molar-refractivity contribution is 7.12. The second-order valence-electron chi connectivity index (χ2n) is 4.36. The van der Waals surface area contributed by atoms with Crippen molar-refractivity contribution in [3.63, 3.8) is 0 Å². The maximum Gasteiger partial charge on any atom is 0.318 e. The van der Waals surface area contributed by atoms with Crippen LogP contribution in [-0.2, 0) is 13.0 Å². The summed E-state index contributed by atoms with van der Waals surface area (Å²) in [5, 5.41) is 8.62. The van der Waals surface area contributed by atoms with Gasteiger partial charge in [0.1, 0.15) is 0 Å². The summed E-state index contributed by atoms with van der Waals surface area (Å²) < 4.78 is 0. The van der Waals surface area contributed by atoms with E-state index in [2.05, 4.69) is 35.0 Å². The second kappa shape index (κ2) is 6.96. The van der Waals surface area contributed by atoms with Crippen LogP contribution in [0.25, 0.3) is 0 Å². The molecule has 3 N–H and O–H groups in total. The molecule has 0 bridgehead atoms. The Morgan fingerprint density at radius 1 is 1.05 bits per heavy atom. The molecule has 1 heterocycles. The molecule has 0 fully saturated rings. The van der Waals surface area contributed by atoms with Gasteiger partial charge in [0.15, 0.2) is 0 Å². The molecule has 2 amide bonds. The van der Waals surface area contributed by atoms with Crippen LogP contribution in [0.1, 0.15) is 16.7 Å². The molecule has 106 valence electrons. The zero-order valence-corrected chi connectivity index (χ0v) is 12.5. The number of amides is 2. The number of urea groups is 1. The molecular weight excluding hydrogens is 270 g/mol. The van der Waals surface area contributed by atoms with Crippen molar-refractivity contribution in [3.05, 3.63) is 46.2 Å². The fourth-order valence-electron chi connectivity index (χ4n) is 1.76. The summed E-state index contributed by atoms with van der Waals surface area (Å²) in [5.74, 6) is 0. The number of carbonyl (C=O) groups excluding carboxylic acids is 1. The lowest BCUT2D eigenvalue weighted by atomic mass is 10.2. The average molecular weight is 289 g/mol. The lowest BCUT2D eigenvalue weighted by Gasteiger charge is -2.07. The second-order valence-corrected chi connectivity index (χ2v) is 5.61. The van der Waals surface area contributed by atoms with Crippen LogP contribution in [-0.4, -0.2) is 13.1 Å². The maximum atomic E-state index is 11.2. The highest BCUT2D eigenvalue weighted by Gasteiger charge is 2.00. The summed E-state index contributed by atoms with van der Waals surface area (Å²) in [6, 6.07) is 11.8. The zero-order chi connectivity index (χ0) is 14.4. The quantitative estimate of drug-likeness (QED) is 0.786. The minimum atomic E-state index is -0.212. The monoisotopic (exact) mass is 289 g/mol. The molecule has 0 aliphatic heterocycles. The molecule has 0 unspecified atom stereocenters. The van der Waals surface area contributed by atoms with Crippen LogP contribution >= 0.6 is 11.3 Å². The molecule has 20 heavy (non-hydrogen) atoms. The van der Waals surface area contributed by atoms with E-state index in [0.717, 1.165) is 24.3 Å². The summed E-state index contributed by atoms with van der Waals surface area (Å²) in [7, 11) is 1.59. The molecule has 0 saturated heterocycles. The molecule has 1 aromatic heterocycles. The first-order valence-electron chi connectivity index (χ1n) is 6.61. The van der Waals surface area contributed by atoms with Gasteiger partial charge in [0.2, 0.25) is 0 Å². The number of anilines is 2. The number of thiophene rings is 1. The molecule has 0 saturated carbocycles. The first kappa shape index (κ1) is 14.4. The van der Waals surface area contributed by atoms with Gasteiger partial charge in [-0.05, 0) is 42.8 Å². The van der Waals surface area contributed by atoms with Gasteiger partial charge >= 0.3 is 6.03 Å². The third-order valence-electron chi connectivity index (χ3n) is 2.90. The number of nitrogens with one attached hydrogen (secondary N) is 3. The van der Waals surface area contributed by atoms with Crippen LogP contribution in [0.4, 0.5) is 16.2 Å². The smallest absolute Gasteiger partial charge is 0.318 e. The third kappa shape index (κ3) is 3.99. The highest BCUT2D eigenvalue weighted by Crippen LogP contribution is 2.19. The number of carbonyl (C=O) groups is 1. The number of rotatable bonds is 5. The highest BCUT2D eigenvalue weighted by atomic mass is 32.1. The van der Waals surface area contributed by atoms with Crippen LogP contribution in [0.5, 0.6) is 0 Å². The lowest BCUT2D eigenvalue weighted by molar-refractivity contribution is 0.254. The predicted molar refractivity (Wildman–Crippen MR) is 85.5 cm³/mol. The van der Waals surface area contributed by atoms with Crippen molar-refractivity contribution >= 4 is 28.7 Å². The lowest BCUT2D eigenvalue weighted by Crippen LogP contribution is -2.24. The Hall–Kier alpha value is -2.01. The molecule has 2 rings (SSSR count). The Morgan fingerprint density at radius 3 is 2.30 bits per heavy atom. The van der Waals surface area contributed by atoms with Crippen LogP contribution in [0, 0.1) is 0 Å². The van der Waals surface area contributed by atoms with Crippen molar-refractivity contribution in [2.75, 3.05) is 17.7 Å². The molecule has 5 heteroatoms. The molecule has 0 aliphatic carbocycles. The SMILES string of the molecule is CCc1ccc(CNc2ccc(NC(=O)NC)cc2)s1. The summed E-state index contributed by atoms with van der Waals surface area (Å²) in [5.41, 5.74) is 1.82. The molecule has 0 radical (unpaired) electrons. The Morgan fingerprint density at radius 2 is 1.70 bits per heavy atom. The van der Waals surface area contributed by atoms with E-state index in [0.29, 0.717) is 0 Å². The number of hydrogen-bond acceptors (Lipinski definition) is 3. The molecule has 4 nitrogen and oxygen atoms in total. The molecule has 1 aromatic carbocycles. The number of hydrogen-bond donors (Lipinski definition) is 3. The topological polar surface area (TPSA) is 53.2 Å². The minimum Gasteiger partial charge on any atom is -0.380 e. The van der Waals surface area contributed by atoms with Gasteiger partial charge in [0.25, 0.3) is 0 Å². The van der Waals surface area contributed by atoms with Crippen molar-refractivity contribution in [1.82, 2.24) is 5.32 Å². The number of aryl methyl sites for hydroxylation is 1. The third-order valence-corrected chi connectivity index (χ3v) is 4.13. The van der Waals surface area contributed by atoms with Gasteiger partial charge < -0.3 is 16.0 Å². The van der Waals surface area contributed by atoms with Gasteiger partial charge in [0.05, 0.1) is 0 Å². The molecule has 0 atom stereocenters. The Kier molecular flexibility index (Phi) is 5.01. The van der Waals surface area contributed by atoms with E-state index in [9.17, 15) is 4.79 Å². The van der Waals surface area contributed by atoms with Crippen LogP contribution in [0.15, 0.2) is 36.4 Å². The van der Waals surface area contributed by atoms with Crippen molar-refractivity contribution in [1.29, 1.82) is 0 Å². The van der Waals surface area contributed by atoms with Gasteiger partial charge in [-0.3, -0.25) is 0 Å². The molecule has 0 spiro atoms. The van der Waals surface area contributed by atoms with E-state index in [1.54, 1.807) is 7.05 Å². The minimum absolute atomic E-state index is 0.212. The van der Waals surface area contributed by atoms with E-state index in [4.69, 9.17) is 0 Å². The van der Waals surface area contributed by atoms with Gasteiger partial charge in [-0.1, -0.05) is 6.92 Å².